The smallest absolute Gasteiger partial charge is 0.407 e. The number of hydrogen-bond donors (Lipinski definition) is 0. The average Bonchev–Trinajstić information content (AvgIpc) is 2.74. The van der Waals surface area contributed by atoms with E-state index in [0.29, 0.717) is 16.7 Å². The number of aryl methyl sites for hydroxylation is 1. The summed E-state index contributed by atoms with van der Waals surface area (Å²) in [4.78, 5) is 24.2. The number of oxazole rings is 1. The maximum Gasteiger partial charge on any atom is 0.427 e. The van der Waals surface area contributed by atoms with Crippen LogP contribution in [-0.4, -0.2) is 10.5 Å². The molecule has 0 unspecified atom stereocenters. The third kappa shape index (κ3) is 1.87. The van der Waals surface area contributed by atoms with Gasteiger partial charge in [0.2, 0.25) is 0 Å². The van der Waals surface area contributed by atoms with Gasteiger partial charge in [-0.1, -0.05) is 29.8 Å². The molecule has 19 heavy (non-hydrogen) atoms. The van der Waals surface area contributed by atoms with Crippen molar-refractivity contribution in [1.29, 1.82) is 0 Å². The van der Waals surface area contributed by atoms with Crippen LogP contribution in [0.1, 0.15) is 15.9 Å². The van der Waals surface area contributed by atoms with Gasteiger partial charge >= 0.3 is 5.76 Å². The first kappa shape index (κ1) is 11.5. The van der Waals surface area contributed by atoms with E-state index in [1.165, 1.54) is 0 Å². The second kappa shape index (κ2) is 4.24. The predicted molar refractivity (Wildman–Crippen MR) is 71.4 cm³/mol. The summed E-state index contributed by atoms with van der Waals surface area (Å²) in [6.45, 7) is 1.90. The predicted octanol–water partition coefficient (Wildman–Crippen LogP) is 2.59. The molecular formula is C15H11NO3. The Morgan fingerprint density at radius 2 is 1.89 bits per heavy atom. The molecule has 4 heteroatoms. The van der Waals surface area contributed by atoms with E-state index in [-0.39, 0.29) is 5.91 Å². The second-order valence-electron chi connectivity index (χ2n) is 4.35. The van der Waals surface area contributed by atoms with Crippen molar-refractivity contribution in [3.05, 3.63) is 70.2 Å². The van der Waals surface area contributed by atoms with Gasteiger partial charge in [0.25, 0.3) is 5.91 Å². The van der Waals surface area contributed by atoms with Gasteiger partial charge in [-0.05, 0) is 31.2 Å². The van der Waals surface area contributed by atoms with Crippen molar-refractivity contribution >= 4 is 17.0 Å². The number of fused-ring (bicyclic) bond motifs is 1. The molecule has 0 N–H and O–H groups in total. The van der Waals surface area contributed by atoms with Gasteiger partial charge in [-0.3, -0.25) is 4.79 Å². The average molecular weight is 253 g/mol. The van der Waals surface area contributed by atoms with Gasteiger partial charge in [0.05, 0.1) is 5.52 Å². The van der Waals surface area contributed by atoms with Crippen molar-refractivity contribution in [2.45, 2.75) is 6.92 Å². The number of hydrogen-bond acceptors (Lipinski definition) is 3. The van der Waals surface area contributed by atoms with Crippen molar-refractivity contribution in [3.63, 3.8) is 0 Å². The van der Waals surface area contributed by atoms with E-state index in [2.05, 4.69) is 0 Å². The molecule has 3 aromatic rings. The third-order valence-corrected chi connectivity index (χ3v) is 2.95. The maximum atomic E-state index is 12.4. The molecule has 0 saturated heterocycles. The first-order chi connectivity index (χ1) is 9.16. The summed E-state index contributed by atoms with van der Waals surface area (Å²) in [6.07, 6.45) is 0. The second-order valence-corrected chi connectivity index (χ2v) is 4.35. The molecule has 0 amide bonds. The van der Waals surface area contributed by atoms with Crippen LogP contribution in [0.15, 0.2) is 57.7 Å². The molecule has 0 aliphatic carbocycles. The number of nitrogens with zero attached hydrogens (tertiary/aromatic N) is 1. The lowest BCUT2D eigenvalue weighted by Gasteiger charge is -2.02. The molecule has 94 valence electrons. The van der Waals surface area contributed by atoms with Crippen LogP contribution in [0.25, 0.3) is 11.1 Å². The summed E-state index contributed by atoms with van der Waals surface area (Å²) in [5.41, 5.74) is 2.33. The van der Waals surface area contributed by atoms with E-state index in [9.17, 15) is 9.59 Å². The lowest BCUT2D eigenvalue weighted by atomic mass is 10.1. The molecule has 3 rings (SSSR count). The summed E-state index contributed by atoms with van der Waals surface area (Å²) in [6, 6.07) is 14.0. The number of para-hydroxylation sites is 2. The molecule has 0 saturated carbocycles. The fourth-order valence-corrected chi connectivity index (χ4v) is 2.07. The number of aromatic nitrogens is 1. The lowest BCUT2D eigenvalue weighted by molar-refractivity contribution is 0.0956. The SMILES string of the molecule is Cc1cccc(C(=O)n2c(=O)oc3ccccc32)c1. The van der Waals surface area contributed by atoms with Crippen molar-refractivity contribution in [1.82, 2.24) is 4.57 Å². The fourth-order valence-electron chi connectivity index (χ4n) is 2.07. The molecule has 1 heterocycles. The van der Waals surface area contributed by atoms with Crippen molar-refractivity contribution in [2.75, 3.05) is 0 Å². The molecule has 0 spiro atoms. The zero-order valence-electron chi connectivity index (χ0n) is 10.3. The molecule has 2 aromatic carbocycles. The third-order valence-electron chi connectivity index (χ3n) is 2.95. The van der Waals surface area contributed by atoms with Gasteiger partial charge in [-0.25, -0.2) is 9.36 Å². The number of carbonyl (C=O) groups excluding carboxylic acids is 1. The number of rotatable bonds is 1. The van der Waals surface area contributed by atoms with E-state index in [4.69, 9.17) is 4.42 Å². The van der Waals surface area contributed by atoms with Crippen molar-refractivity contribution in [3.8, 4) is 0 Å². The molecule has 0 atom stereocenters. The summed E-state index contributed by atoms with van der Waals surface area (Å²) < 4.78 is 6.12. The van der Waals surface area contributed by atoms with Crippen molar-refractivity contribution in [2.24, 2.45) is 0 Å². The molecule has 1 aromatic heterocycles. The Kier molecular flexibility index (Phi) is 2.56. The zero-order chi connectivity index (χ0) is 13.4. The van der Waals surface area contributed by atoms with Crippen molar-refractivity contribution < 1.29 is 9.21 Å². The van der Waals surface area contributed by atoms with Gasteiger partial charge in [0.15, 0.2) is 5.58 Å². The van der Waals surface area contributed by atoms with Gasteiger partial charge in [0, 0.05) is 5.56 Å². The fraction of sp³-hybridized carbons (Fsp3) is 0.0667. The first-order valence-corrected chi connectivity index (χ1v) is 5.89. The van der Waals surface area contributed by atoms with Crippen LogP contribution in [-0.2, 0) is 0 Å². The molecule has 0 aliphatic heterocycles. The van der Waals surface area contributed by atoms with Crippen LogP contribution in [0.3, 0.4) is 0 Å². The van der Waals surface area contributed by atoms with Crippen LogP contribution in [0.4, 0.5) is 0 Å². The van der Waals surface area contributed by atoms with Crippen LogP contribution in [0.2, 0.25) is 0 Å². The van der Waals surface area contributed by atoms with E-state index in [0.717, 1.165) is 10.1 Å². The zero-order valence-corrected chi connectivity index (χ0v) is 10.3. The summed E-state index contributed by atoms with van der Waals surface area (Å²) >= 11 is 0. The summed E-state index contributed by atoms with van der Waals surface area (Å²) in [5.74, 6) is -1.04. The van der Waals surface area contributed by atoms with Crippen LogP contribution < -0.4 is 5.76 Å². The Morgan fingerprint density at radius 3 is 2.68 bits per heavy atom. The quantitative estimate of drug-likeness (QED) is 0.669. The highest BCUT2D eigenvalue weighted by Crippen LogP contribution is 2.14. The highest BCUT2D eigenvalue weighted by Gasteiger charge is 2.17. The lowest BCUT2D eigenvalue weighted by Crippen LogP contribution is -2.23. The van der Waals surface area contributed by atoms with E-state index in [1.807, 2.05) is 13.0 Å². The highest BCUT2D eigenvalue weighted by atomic mass is 16.4. The van der Waals surface area contributed by atoms with Crippen LogP contribution in [0, 0.1) is 6.92 Å². The monoisotopic (exact) mass is 253 g/mol. The normalized spacial score (nSPS) is 10.8. The minimum Gasteiger partial charge on any atom is -0.407 e. The standard InChI is InChI=1S/C15H11NO3/c1-10-5-4-6-11(9-10)14(17)16-12-7-2-3-8-13(12)19-15(16)18/h2-9H,1H3. The highest BCUT2D eigenvalue weighted by molar-refractivity contribution is 6.00. The van der Waals surface area contributed by atoms with E-state index < -0.39 is 5.76 Å². The minimum absolute atomic E-state index is 0.376. The Morgan fingerprint density at radius 1 is 1.11 bits per heavy atom. The molecule has 0 bridgehead atoms. The van der Waals surface area contributed by atoms with E-state index in [1.54, 1.807) is 42.5 Å². The Balaban J connectivity index is 2.22. The Hall–Kier alpha value is -2.62. The summed E-state index contributed by atoms with van der Waals surface area (Å²) in [7, 11) is 0. The van der Waals surface area contributed by atoms with Gasteiger partial charge in [-0.2, -0.15) is 0 Å². The molecule has 0 radical (unpaired) electrons. The largest absolute Gasteiger partial charge is 0.427 e. The molecular weight excluding hydrogens is 242 g/mol. The van der Waals surface area contributed by atoms with Gasteiger partial charge in [0.1, 0.15) is 0 Å². The van der Waals surface area contributed by atoms with Gasteiger partial charge < -0.3 is 4.42 Å². The Bertz CT molecular complexity index is 827. The van der Waals surface area contributed by atoms with Crippen LogP contribution >= 0.6 is 0 Å². The van der Waals surface area contributed by atoms with Gasteiger partial charge in [-0.15, -0.1) is 0 Å². The topological polar surface area (TPSA) is 52.2 Å². The maximum absolute atomic E-state index is 12.4. The molecule has 0 aliphatic rings. The number of benzene rings is 2. The Labute approximate surface area is 108 Å². The summed E-state index contributed by atoms with van der Waals surface area (Å²) in [5, 5.41) is 0. The first-order valence-electron chi connectivity index (χ1n) is 5.89. The number of carbonyl (C=O) groups is 1. The molecule has 4 nitrogen and oxygen atoms in total. The molecule has 0 fully saturated rings. The van der Waals surface area contributed by atoms with E-state index >= 15 is 0 Å². The minimum atomic E-state index is -0.660. The van der Waals surface area contributed by atoms with Crippen LogP contribution in [0.5, 0.6) is 0 Å².